The maximum absolute atomic E-state index is 4.31. The quantitative estimate of drug-likeness (QED) is 0.241. The molecule has 0 radical (unpaired) electrons. The molecule has 0 heteroatoms. The minimum absolute atomic E-state index is 0.447. The van der Waals surface area contributed by atoms with E-state index in [0.717, 1.165) is 5.92 Å². The van der Waals surface area contributed by atoms with Gasteiger partial charge in [0.2, 0.25) is 0 Å². The van der Waals surface area contributed by atoms with E-state index < -0.39 is 0 Å². The number of unbranched alkanes of at least 4 members (excludes halogenated alkanes) is 6. The van der Waals surface area contributed by atoms with E-state index >= 15 is 0 Å². The summed E-state index contributed by atoms with van der Waals surface area (Å²) in [6.45, 7) is 16.1. The van der Waals surface area contributed by atoms with Crippen molar-refractivity contribution in [3.63, 3.8) is 0 Å². The van der Waals surface area contributed by atoms with Crippen molar-refractivity contribution in [1.29, 1.82) is 0 Å². The van der Waals surface area contributed by atoms with Crippen molar-refractivity contribution in [2.45, 2.75) is 105 Å². The predicted octanol–water partition coefficient (Wildman–Crippen LogP) is 7.54. The average molecular weight is 281 g/mol. The van der Waals surface area contributed by atoms with Crippen LogP contribution in [0.15, 0.2) is 12.2 Å². The molecule has 0 atom stereocenters. The molecule has 0 aliphatic rings. The third kappa shape index (κ3) is 12.8. The molecule has 0 aliphatic carbocycles. The standard InChI is InChI=1S/C20H40/c1-7-8-9-10-11-12-13-14-19(4)17-20(5,6)16-15-18(2)3/h18H,4,7-17H2,1-3,5-6H3. The van der Waals surface area contributed by atoms with Crippen molar-refractivity contribution in [2.75, 3.05) is 0 Å². The zero-order valence-electron chi connectivity index (χ0n) is 15.1. The Bertz CT molecular complexity index is 234. The second kappa shape index (κ2) is 11.4. The monoisotopic (exact) mass is 280 g/mol. The molecule has 0 aliphatic heterocycles. The van der Waals surface area contributed by atoms with E-state index in [4.69, 9.17) is 0 Å². The SMILES string of the molecule is C=C(CCCCCCCCC)CC(C)(C)CCC(C)C. The fraction of sp³-hybridized carbons (Fsp3) is 0.900. The van der Waals surface area contributed by atoms with Crippen molar-refractivity contribution in [3.05, 3.63) is 12.2 Å². The van der Waals surface area contributed by atoms with Crippen LogP contribution in [-0.4, -0.2) is 0 Å². The van der Waals surface area contributed by atoms with Gasteiger partial charge in [0.15, 0.2) is 0 Å². The highest BCUT2D eigenvalue weighted by molar-refractivity contribution is 4.98. The minimum atomic E-state index is 0.447. The van der Waals surface area contributed by atoms with E-state index in [2.05, 4.69) is 41.2 Å². The molecule has 0 amide bonds. The Morgan fingerprint density at radius 1 is 0.950 bits per heavy atom. The van der Waals surface area contributed by atoms with Crippen molar-refractivity contribution in [1.82, 2.24) is 0 Å². The van der Waals surface area contributed by atoms with E-state index in [1.54, 1.807) is 0 Å². The lowest BCUT2D eigenvalue weighted by molar-refractivity contribution is 0.298. The van der Waals surface area contributed by atoms with E-state index in [-0.39, 0.29) is 0 Å². The van der Waals surface area contributed by atoms with Crippen LogP contribution in [-0.2, 0) is 0 Å². The van der Waals surface area contributed by atoms with E-state index in [1.807, 2.05) is 0 Å². The van der Waals surface area contributed by atoms with Gasteiger partial charge >= 0.3 is 0 Å². The zero-order valence-corrected chi connectivity index (χ0v) is 15.1. The first-order valence-electron chi connectivity index (χ1n) is 9.04. The summed E-state index contributed by atoms with van der Waals surface area (Å²) in [5.41, 5.74) is 1.93. The second-order valence-electron chi connectivity index (χ2n) is 7.89. The summed E-state index contributed by atoms with van der Waals surface area (Å²) in [5.74, 6) is 0.825. The van der Waals surface area contributed by atoms with Crippen molar-refractivity contribution in [3.8, 4) is 0 Å². The third-order valence-electron chi connectivity index (χ3n) is 4.26. The first kappa shape index (κ1) is 19.7. The van der Waals surface area contributed by atoms with Gasteiger partial charge in [0.25, 0.3) is 0 Å². The second-order valence-corrected chi connectivity index (χ2v) is 7.89. The summed E-state index contributed by atoms with van der Waals surface area (Å²) >= 11 is 0. The van der Waals surface area contributed by atoms with Gasteiger partial charge in [-0.25, -0.2) is 0 Å². The lowest BCUT2D eigenvalue weighted by atomic mass is 9.79. The van der Waals surface area contributed by atoms with Crippen molar-refractivity contribution >= 4 is 0 Å². The molecule has 0 spiro atoms. The fourth-order valence-electron chi connectivity index (χ4n) is 2.87. The first-order valence-corrected chi connectivity index (χ1v) is 9.04. The van der Waals surface area contributed by atoms with E-state index in [1.165, 1.54) is 76.2 Å². The molecular formula is C20H40. The van der Waals surface area contributed by atoms with Crippen LogP contribution in [0.25, 0.3) is 0 Å². The van der Waals surface area contributed by atoms with E-state index in [9.17, 15) is 0 Å². The third-order valence-corrected chi connectivity index (χ3v) is 4.26. The normalized spacial score (nSPS) is 12.1. The molecule has 0 N–H and O–H groups in total. The van der Waals surface area contributed by atoms with Gasteiger partial charge in [-0.3, -0.25) is 0 Å². The summed E-state index contributed by atoms with van der Waals surface area (Å²) in [7, 11) is 0. The molecule has 0 rings (SSSR count). The van der Waals surface area contributed by atoms with Gasteiger partial charge in [0, 0.05) is 0 Å². The van der Waals surface area contributed by atoms with Crippen LogP contribution in [0.1, 0.15) is 105 Å². The van der Waals surface area contributed by atoms with Crippen LogP contribution in [0.2, 0.25) is 0 Å². The molecule has 0 saturated heterocycles. The number of rotatable bonds is 13. The lowest BCUT2D eigenvalue weighted by Gasteiger charge is -2.26. The first-order chi connectivity index (χ1) is 9.37. The molecule has 0 nitrogen and oxygen atoms in total. The van der Waals surface area contributed by atoms with Crippen LogP contribution in [0, 0.1) is 11.3 Å². The summed E-state index contributed by atoms with van der Waals surface area (Å²) < 4.78 is 0. The summed E-state index contributed by atoms with van der Waals surface area (Å²) in [5, 5.41) is 0. The Balaban J connectivity index is 3.61. The van der Waals surface area contributed by atoms with Crippen LogP contribution in [0.5, 0.6) is 0 Å². The predicted molar refractivity (Wildman–Crippen MR) is 94.2 cm³/mol. The van der Waals surface area contributed by atoms with Crippen LogP contribution >= 0.6 is 0 Å². The lowest BCUT2D eigenvalue weighted by Crippen LogP contribution is -2.13. The molecule has 0 aromatic carbocycles. The molecule has 0 saturated carbocycles. The van der Waals surface area contributed by atoms with Gasteiger partial charge in [-0.15, -0.1) is 0 Å². The number of hydrogen-bond acceptors (Lipinski definition) is 0. The minimum Gasteiger partial charge on any atom is -0.0998 e. The zero-order chi connectivity index (χ0) is 15.4. The van der Waals surface area contributed by atoms with Gasteiger partial charge in [0.1, 0.15) is 0 Å². The Kier molecular flexibility index (Phi) is 11.3. The van der Waals surface area contributed by atoms with Crippen LogP contribution in [0.3, 0.4) is 0 Å². The molecule has 0 heterocycles. The summed E-state index contributed by atoms with van der Waals surface area (Å²) in [4.78, 5) is 0. The van der Waals surface area contributed by atoms with Gasteiger partial charge in [-0.05, 0) is 37.0 Å². The Labute approximate surface area is 129 Å². The summed E-state index contributed by atoms with van der Waals surface area (Å²) in [6, 6.07) is 0. The van der Waals surface area contributed by atoms with Gasteiger partial charge < -0.3 is 0 Å². The largest absolute Gasteiger partial charge is 0.0998 e. The van der Waals surface area contributed by atoms with E-state index in [0.29, 0.717) is 5.41 Å². The average Bonchev–Trinajstić information content (AvgIpc) is 2.35. The number of hydrogen-bond donors (Lipinski definition) is 0. The molecule has 120 valence electrons. The molecule has 0 aromatic rings. The van der Waals surface area contributed by atoms with Gasteiger partial charge in [0.05, 0.1) is 0 Å². The highest BCUT2D eigenvalue weighted by atomic mass is 14.2. The molecule has 0 bridgehead atoms. The highest BCUT2D eigenvalue weighted by Gasteiger charge is 2.19. The Morgan fingerprint density at radius 3 is 2.05 bits per heavy atom. The molecule has 0 fully saturated rings. The smallest absolute Gasteiger partial charge is 0.0271 e. The molecule has 20 heavy (non-hydrogen) atoms. The van der Waals surface area contributed by atoms with Crippen LogP contribution in [0.4, 0.5) is 0 Å². The highest BCUT2D eigenvalue weighted by Crippen LogP contribution is 2.33. The Morgan fingerprint density at radius 2 is 1.50 bits per heavy atom. The summed E-state index contributed by atoms with van der Waals surface area (Å²) in [6.07, 6.45) is 14.9. The fourth-order valence-corrected chi connectivity index (χ4v) is 2.87. The molecule has 0 aromatic heterocycles. The Hall–Kier alpha value is -0.260. The topological polar surface area (TPSA) is 0 Å². The van der Waals surface area contributed by atoms with Crippen molar-refractivity contribution < 1.29 is 0 Å². The van der Waals surface area contributed by atoms with Gasteiger partial charge in [-0.1, -0.05) is 91.7 Å². The molecular weight excluding hydrogens is 240 g/mol. The maximum atomic E-state index is 4.31. The van der Waals surface area contributed by atoms with Crippen LogP contribution < -0.4 is 0 Å². The molecule has 0 unspecified atom stereocenters. The van der Waals surface area contributed by atoms with Crippen molar-refractivity contribution in [2.24, 2.45) is 11.3 Å². The number of allylic oxidation sites excluding steroid dienone is 1. The maximum Gasteiger partial charge on any atom is -0.0271 e. The van der Waals surface area contributed by atoms with Gasteiger partial charge in [-0.2, -0.15) is 0 Å².